The number of primary sulfonamides is 1. The van der Waals surface area contributed by atoms with E-state index in [1.54, 1.807) is 0 Å². The lowest BCUT2D eigenvalue weighted by Gasteiger charge is -2.09. The van der Waals surface area contributed by atoms with Crippen LogP contribution < -0.4 is 9.86 Å². The lowest BCUT2D eigenvalue weighted by molar-refractivity contribution is -0.385. The second-order valence-corrected chi connectivity index (χ2v) is 9.06. The van der Waals surface area contributed by atoms with E-state index in [1.165, 1.54) is 31.2 Å². The Balaban J connectivity index is 2.32. The van der Waals surface area contributed by atoms with Crippen molar-refractivity contribution in [3.8, 4) is 0 Å². The number of rotatable bonds is 6. The van der Waals surface area contributed by atoms with Gasteiger partial charge in [0.05, 0.1) is 19.7 Å². The van der Waals surface area contributed by atoms with Gasteiger partial charge in [-0.05, 0) is 30.7 Å². The first-order valence-electron chi connectivity index (χ1n) is 6.98. The molecule has 0 bridgehead atoms. The summed E-state index contributed by atoms with van der Waals surface area (Å²) < 4.78 is 49.7. The van der Waals surface area contributed by atoms with E-state index in [9.17, 15) is 26.9 Å². The first kappa shape index (κ1) is 20.3. The highest BCUT2D eigenvalue weighted by Gasteiger charge is 2.22. The van der Waals surface area contributed by atoms with Crippen LogP contribution in [0.1, 0.15) is 11.1 Å². The molecule has 0 heterocycles. The van der Waals surface area contributed by atoms with Gasteiger partial charge >= 0.3 is 0 Å². The van der Waals surface area contributed by atoms with Crippen molar-refractivity contribution in [2.24, 2.45) is 5.14 Å². The highest BCUT2D eigenvalue weighted by molar-refractivity contribution is 7.89. The van der Waals surface area contributed by atoms with E-state index in [0.717, 1.165) is 12.1 Å². The summed E-state index contributed by atoms with van der Waals surface area (Å²) >= 11 is 5.88. The predicted molar refractivity (Wildman–Crippen MR) is 94.7 cm³/mol. The minimum Gasteiger partial charge on any atom is -0.258 e. The van der Waals surface area contributed by atoms with Crippen LogP contribution in [0.2, 0.25) is 5.02 Å². The summed E-state index contributed by atoms with van der Waals surface area (Å²) in [5, 5.41) is 16.0. The normalized spacial score (nSPS) is 12.1. The van der Waals surface area contributed by atoms with Crippen LogP contribution in [0, 0.1) is 17.0 Å². The standard InChI is InChI=1S/C14H14ClN3O6S2/c1-9-13(15)6-12(7-14(9)18(19)20)26(23,24)17-8-10-3-2-4-11(5-10)25(16,21)22/h2-7,17H,8H2,1H3,(H2,16,21,22). The van der Waals surface area contributed by atoms with Crippen molar-refractivity contribution in [2.45, 2.75) is 23.3 Å². The smallest absolute Gasteiger partial charge is 0.258 e. The molecule has 0 aliphatic rings. The van der Waals surface area contributed by atoms with Crippen LogP contribution in [-0.4, -0.2) is 21.8 Å². The van der Waals surface area contributed by atoms with Crippen molar-refractivity contribution in [1.29, 1.82) is 0 Å². The SMILES string of the molecule is Cc1c(Cl)cc(S(=O)(=O)NCc2cccc(S(N)(=O)=O)c2)cc1[N+](=O)[O-]. The number of nitro groups is 1. The lowest BCUT2D eigenvalue weighted by atomic mass is 10.2. The van der Waals surface area contributed by atoms with Crippen molar-refractivity contribution in [1.82, 2.24) is 4.72 Å². The Hall–Kier alpha value is -2.05. The van der Waals surface area contributed by atoms with Crippen LogP contribution >= 0.6 is 11.6 Å². The predicted octanol–water partition coefficient (Wildman–Crippen LogP) is 1.68. The summed E-state index contributed by atoms with van der Waals surface area (Å²) in [6.45, 7) is 1.16. The minimum atomic E-state index is -4.12. The number of nitrogens with two attached hydrogens (primary N) is 1. The summed E-state index contributed by atoms with van der Waals surface area (Å²) in [5.41, 5.74) is 0.0679. The van der Waals surface area contributed by atoms with Crippen molar-refractivity contribution < 1.29 is 21.8 Å². The second-order valence-electron chi connectivity index (χ2n) is 5.32. The number of nitrogens with one attached hydrogen (secondary N) is 1. The average molecular weight is 420 g/mol. The van der Waals surface area contributed by atoms with Gasteiger partial charge in [-0.15, -0.1) is 0 Å². The molecule has 3 N–H and O–H groups in total. The van der Waals surface area contributed by atoms with Gasteiger partial charge in [0, 0.05) is 18.2 Å². The number of hydrogen-bond donors (Lipinski definition) is 2. The number of nitro benzene ring substituents is 1. The molecule has 0 saturated heterocycles. The fraction of sp³-hybridized carbons (Fsp3) is 0.143. The zero-order valence-electron chi connectivity index (χ0n) is 13.3. The van der Waals surface area contributed by atoms with Gasteiger partial charge in [0.15, 0.2) is 0 Å². The van der Waals surface area contributed by atoms with Crippen molar-refractivity contribution in [3.63, 3.8) is 0 Å². The summed E-state index contributed by atoms with van der Waals surface area (Å²) in [5.74, 6) is 0. The van der Waals surface area contributed by atoms with Crippen LogP contribution in [0.4, 0.5) is 5.69 Å². The van der Waals surface area contributed by atoms with Gasteiger partial charge in [0.25, 0.3) is 5.69 Å². The molecule has 26 heavy (non-hydrogen) atoms. The molecule has 2 rings (SSSR count). The van der Waals surface area contributed by atoms with Gasteiger partial charge in [-0.3, -0.25) is 10.1 Å². The average Bonchev–Trinajstić information content (AvgIpc) is 2.54. The maximum absolute atomic E-state index is 12.4. The molecular weight excluding hydrogens is 406 g/mol. The monoisotopic (exact) mass is 419 g/mol. The van der Waals surface area contributed by atoms with Crippen LogP contribution in [0.3, 0.4) is 0 Å². The zero-order valence-corrected chi connectivity index (χ0v) is 15.7. The Labute approximate surface area is 155 Å². The Morgan fingerprint density at radius 2 is 1.81 bits per heavy atom. The lowest BCUT2D eigenvalue weighted by Crippen LogP contribution is -2.23. The Bertz CT molecular complexity index is 1080. The molecule has 9 nitrogen and oxygen atoms in total. The fourth-order valence-electron chi connectivity index (χ4n) is 2.08. The van der Waals surface area contributed by atoms with E-state index in [4.69, 9.17) is 16.7 Å². The molecule has 12 heteroatoms. The summed E-state index contributed by atoms with van der Waals surface area (Å²) in [4.78, 5) is 9.76. The van der Waals surface area contributed by atoms with Gasteiger partial charge in [0.2, 0.25) is 20.0 Å². The zero-order chi connectivity index (χ0) is 19.7. The fourth-order valence-corrected chi connectivity index (χ4v) is 4.01. The molecule has 2 aromatic carbocycles. The van der Waals surface area contributed by atoms with E-state index in [0.29, 0.717) is 5.56 Å². The third kappa shape index (κ3) is 4.56. The Morgan fingerprint density at radius 3 is 2.38 bits per heavy atom. The maximum atomic E-state index is 12.4. The summed E-state index contributed by atoms with van der Waals surface area (Å²) in [6.07, 6.45) is 0. The number of hydrogen-bond acceptors (Lipinski definition) is 6. The Kier molecular flexibility index (Phi) is 5.68. The largest absolute Gasteiger partial charge is 0.275 e. The number of halogens is 1. The van der Waals surface area contributed by atoms with E-state index < -0.39 is 30.7 Å². The molecule has 140 valence electrons. The molecule has 0 fully saturated rings. The molecule has 0 aliphatic carbocycles. The third-order valence-electron chi connectivity index (χ3n) is 3.49. The van der Waals surface area contributed by atoms with Crippen molar-refractivity contribution in [2.75, 3.05) is 0 Å². The van der Waals surface area contributed by atoms with Gasteiger partial charge < -0.3 is 0 Å². The first-order chi connectivity index (χ1) is 11.9. The molecule has 0 spiro atoms. The molecule has 2 aromatic rings. The van der Waals surface area contributed by atoms with E-state index in [1.807, 2.05) is 0 Å². The van der Waals surface area contributed by atoms with Crippen LogP contribution in [0.25, 0.3) is 0 Å². The molecule has 0 atom stereocenters. The number of benzene rings is 2. The molecule has 0 saturated carbocycles. The van der Waals surface area contributed by atoms with Crippen LogP contribution in [0.15, 0.2) is 46.2 Å². The maximum Gasteiger partial charge on any atom is 0.275 e. The molecule has 0 aliphatic heterocycles. The molecule has 0 amide bonds. The first-order valence-corrected chi connectivity index (χ1v) is 10.4. The van der Waals surface area contributed by atoms with Crippen LogP contribution in [0.5, 0.6) is 0 Å². The molecule has 0 unspecified atom stereocenters. The highest BCUT2D eigenvalue weighted by Crippen LogP contribution is 2.29. The molecule has 0 aromatic heterocycles. The van der Waals surface area contributed by atoms with Gasteiger partial charge in [-0.2, -0.15) is 0 Å². The summed E-state index contributed by atoms with van der Waals surface area (Å²) in [7, 11) is -8.05. The molecule has 0 radical (unpaired) electrons. The number of sulfonamides is 2. The topological polar surface area (TPSA) is 149 Å². The van der Waals surface area contributed by atoms with Gasteiger partial charge in [-0.1, -0.05) is 23.7 Å². The van der Waals surface area contributed by atoms with E-state index >= 15 is 0 Å². The summed E-state index contributed by atoms with van der Waals surface area (Å²) in [6, 6.07) is 7.43. The highest BCUT2D eigenvalue weighted by atomic mass is 35.5. The third-order valence-corrected chi connectivity index (χ3v) is 6.17. The molecular formula is C14H14ClN3O6S2. The quantitative estimate of drug-likeness (QED) is 0.537. The Morgan fingerprint density at radius 1 is 1.15 bits per heavy atom. The van der Waals surface area contributed by atoms with Crippen molar-refractivity contribution in [3.05, 3.63) is 62.7 Å². The van der Waals surface area contributed by atoms with E-state index in [2.05, 4.69) is 4.72 Å². The van der Waals surface area contributed by atoms with Gasteiger partial charge in [-0.25, -0.2) is 26.7 Å². The van der Waals surface area contributed by atoms with Gasteiger partial charge in [0.1, 0.15) is 0 Å². The number of nitrogens with zero attached hydrogens (tertiary/aromatic N) is 1. The van der Waals surface area contributed by atoms with E-state index in [-0.39, 0.29) is 26.9 Å². The second kappa shape index (κ2) is 7.29. The minimum absolute atomic E-state index is 0.0594. The van der Waals surface area contributed by atoms with Crippen molar-refractivity contribution >= 4 is 37.3 Å². The van der Waals surface area contributed by atoms with Crippen LogP contribution in [-0.2, 0) is 26.6 Å².